The van der Waals surface area contributed by atoms with Gasteiger partial charge in [-0.3, -0.25) is 4.90 Å². The van der Waals surface area contributed by atoms with E-state index in [-0.39, 0.29) is 11.5 Å². The summed E-state index contributed by atoms with van der Waals surface area (Å²) in [6, 6.07) is 3.97. The van der Waals surface area contributed by atoms with Crippen LogP contribution < -0.4 is 0 Å². The monoisotopic (exact) mass is 663 g/mol. The molecule has 1 atom stereocenters. The van der Waals surface area contributed by atoms with Crippen LogP contribution in [0.25, 0.3) is 0 Å². The van der Waals surface area contributed by atoms with E-state index in [0.717, 1.165) is 16.3 Å². The van der Waals surface area contributed by atoms with E-state index in [4.69, 9.17) is 4.74 Å². The molecule has 0 radical (unpaired) electrons. The molecule has 22 heavy (non-hydrogen) atoms. The first-order chi connectivity index (χ1) is 10.3. The van der Waals surface area contributed by atoms with Crippen molar-refractivity contribution in [2.45, 2.75) is 6.29 Å². The van der Waals surface area contributed by atoms with E-state index in [1.165, 1.54) is 0 Å². The summed E-state index contributed by atoms with van der Waals surface area (Å²) >= 11 is 6.67. The predicted molar refractivity (Wildman–Crippen MR) is 111 cm³/mol. The van der Waals surface area contributed by atoms with Crippen LogP contribution in [0.2, 0.25) is 0 Å². The molecule has 1 fully saturated rings. The van der Waals surface area contributed by atoms with E-state index in [1.807, 2.05) is 12.1 Å². The number of aliphatic hydroxyl groups excluding tert-OH is 1. The lowest BCUT2D eigenvalue weighted by Gasteiger charge is -2.26. The third-order valence-corrected chi connectivity index (χ3v) is 8.73. The molecular weight excluding hydrogens is 647 g/mol. The second-order valence-corrected chi connectivity index (χ2v) is 10.8. The Balaban J connectivity index is 1.85. The fourth-order valence-electron chi connectivity index (χ4n) is 2.11. The largest absolute Gasteiger partial charge is 0.364 e. The molecule has 0 aliphatic carbocycles. The second-order valence-electron chi connectivity index (χ2n) is 5.01. The number of ether oxygens (including phenoxy) is 1. The molecular formula is C13H16I3NO4S. The topological polar surface area (TPSA) is 66.8 Å². The molecule has 0 unspecified atom stereocenters. The van der Waals surface area contributed by atoms with Crippen molar-refractivity contribution in [1.29, 1.82) is 0 Å². The third-order valence-electron chi connectivity index (χ3n) is 3.41. The van der Waals surface area contributed by atoms with Crippen molar-refractivity contribution in [1.82, 2.24) is 4.90 Å². The molecule has 0 saturated carbocycles. The zero-order valence-electron chi connectivity index (χ0n) is 11.6. The van der Waals surface area contributed by atoms with Crippen molar-refractivity contribution in [3.63, 3.8) is 0 Å². The Labute approximate surface area is 171 Å². The van der Waals surface area contributed by atoms with Crippen molar-refractivity contribution in [3.05, 3.63) is 28.4 Å². The van der Waals surface area contributed by atoms with Crippen LogP contribution in [-0.2, 0) is 14.6 Å². The van der Waals surface area contributed by atoms with Crippen LogP contribution in [-0.4, -0.2) is 56.2 Å². The highest BCUT2D eigenvalue weighted by Crippen LogP contribution is 2.27. The Morgan fingerprint density at radius 1 is 1.23 bits per heavy atom. The summed E-state index contributed by atoms with van der Waals surface area (Å²) in [5.74, 6) is 0.422. The zero-order valence-corrected chi connectivity index (χ0v) is 18.9. The molecule has 5 nitrogen and oxygen atoms in total. The van der Waals surface area contributed by atoms with Gasteiger partial charge < -0.3 is 9.84 Å². The molecule has 0 spiro atoms. The molecule has 9 heteroatoms. The van der Waals surface area contributed by atoms with Gasteiger partial charge in [0, 0.05) is 35.9 Å². The van der Waals surface area contributed by atoms with Crippen molar-refractivity contribution >= 4 is 77.6 Å². The van der Waals surface area contributed by atoms with Gasteiger partial charge in [-0.25, -0.2) is 8.42 Å². The van der Waals surface area contributed by atoms with E-state index < -0.39 is 16.1 Å². The highest BCUT2D eigenvalue weighted by Gasteiger charge is 2.21. The van der Waals surface area contributed by atoms with E-state index in [0.29, 0.717) is 26.2 Å². The minimum atomic E-state index is -2.85. The van der Waals surface area contributed by atoms with E-state index >= 15 is 0 Å². The molecule has 0 amide bonds. The van der Waals surface area contributed by atoms with Crippen LogP contribution >= 0.6 is 67.8 Å². The molecule has 0 aromatic heterocycles. The number of sulfone groups is 1. The first kappa shape index (κ1) is 19.6. The first-order valence-electron chi connectivity index (χ1n) is 6.65. The van der Waals surface area contributed by atoms with Crippen LogP contribution in [0.3, 0.4) is 0 Å². The molecule has 1 aliphatic rings. The minimum absolute atomic E-state index is 0.211. The van der Waals surface area contributed by atoms with E-state index in [9.17, 15) is 13.5 Å². The molecule has 2 rings (SSSR count). The Morgan fingerprint density at radius 2 is 1.86 bits per heavy atom. The van der Waals surface area contributed by atoms with Gasteiger partial charge in [0.05, 0.1) is 18.1 Å². The Kier molecular flexibility index (Phi) is 7.61. The van der Waals surface area contributed by atoms with Gasteiger partial charge in [0.15, 0.2) is 16.1 Å². The maximum atomic E-state index is 11.4. The maximum absolute atomic E-state index is 11.4. The summed E-state index contributed by atoms with van der Waals surface area (Å²) in [4.78, 5) is 2.05. The predicted octanol–water partition coefficient (Wildman–Crippen LogP) is 2.24. The first-order valence-corrected chi connectivity index (χ1v) is 11.7. The second kappa shape index (κ2) is 8.56. The molecule has 1 aromatic carbocycles. The SMILES string of the molecule is O=S1(=O)CCN(CCO[C@H](O)c2cc(I)cc(I)c2I)CC1. The lowest BCUT2D eigenvalue weighted by molar-refractivity contribution is -0.107. The maximum Gasteiger partial charge on any atom is 0.182 e. The molecule has 1 heterocycles. The van der Waals surface area contributed by atoms with Gasteiger partial charge in [-0.2, -0.15) is 0 Å². The van der Waals surface area contributed by atoms with E-state index in [1.54, 1.807) is 0 Å². The summed E-state index contributed by atoms with van der Waals surface area (Å²) in [5.41, 5.74) is 0.776. The Hall–Kier alpha value is 1.24. The van der Waals surface area contributed by atoms with Gasteiger partial charge in [-0.05, 0) is 79.9 Å². The summed E-state index contributed by atoms with van der Waals surface area (Å²) < 4.78 is 31.4. The van der Waals surface area contributed by atoms with Crippen LogP contribution in [0.15, 0.2) is 12.1 Å². The fourth-order valence-corrected chi connectivity index (χ4v) is 5.86. The normalized spacial score (nSPS) is 20.0. The average molecular weight is 663 g/mol. The van der Waals surface area contributed by atoms with Crippen LogP contribution in [0.5, 0.6) is 0 Å². The number of aliphatic hydroxyl groups is 1. The number of halogens is 3. The van der Waals surface area contributed by atoms with Crippen LogP contribution in [0, 0.1) is 10.7 Å². The summed E-state index contributed by atoms with van der Waals surface area (Å²) in [5, 5.41) is 10.2. The number of rotatable bonds is 5. The summed E-state index contributed by atoms with van der Waals surface area (Å²) in [6.45, 7) is 2.09. The van der Waals surface area contributed by atoms with Crippen molar-refractivity contribution in [2.24, 2.45) is 0 Å². The Morgan fingerprint density at radius 3 is 2.50 bits per heavy atom. The average Bonchev–Trinajstić information content (AvgIpc) is 2.44. The highest BCUT2D eigenvalue weighted by molar-refractivity contribution is 14.1. The summed E-state index contributed by atoms with van der Waals surface area (Å²) in [7, 11) is -2.85. The molecule has 1 aromatic rings. The number of hydrogen-bond acceptors (Lipinski definition) is 5. The number of nitrogens with zero attached hydrogens (tertiary/aromatic N) is 1. The van der Waals surface area contributed by atoms with Crippen LogP contribution in [0.1, 0.15) is 11.9 Å². The molecule has 1 aliphatic heterocycles. The molecule has 124 valence electrons. The van der Waals surface area contributed by atoms with Gasteiger partial charge in [0.2, 0.25) is 0 Å². The van der Waals surface area contributed by atoms with E-state index in [2.05, 4.69) is 72.7 Å². The number of hydrogen-bond donors (Lipinski definition) is 1. The standard InChI is InChI=1S/C13H16I3NO4S/c14-9-7-10(12(16)11(15)8-9)13(18)21-4-1-17-2-5-22(19,20)6-3-17/h7-8,13,18H,1-6H2/t13-/m0/s1. The van der Waals surface area contributed by atoms with Gasteiger partial charge >= 0.3 is 0 Å². The summed E-state index contributed by atoms with van der Waals surface area (Å²) in [6.07, 6.45) is -0.955. The quantitative estimate of drug-likeness (QED) is 0.298. The molecule has 0 bridgehead atoms. The lowest BCUT2D eigenvalue weighted by atomic mass is 10.2. The van der Waals surface area contributed by atoms with Gasteiger partial charge in [0.1, 0.15) is 0 Å². The molecule has 1 saturated heterocycles. The highest BCUT2D eigenvalue weighted by atomic mass is 127. The Bertz CT molecular complexity index is 624. The lowest BCUT2D eigenvalue weighted by Crippen LogP contribution is -2.41. The molecule has 1 N–H and O–H groups in total. The smallest absolute Gasteiger partial charge is 0.182 e. The zero-order chi connectivity index (χ0) is 16.3. The van der Waals surface area contributed by atoms with Crippen molar-refractivity contribution in [3.8, 4) is 0 Å². The minimum Gasteiger partial charge on any atom is -0.364 e. The van der Waals surface area contributed by atoms with Crippen molar-refractivity contribution < 1.29 is 18.3 Å². The van der Waals surface area contributed by atoms with Gasteiger partial charge in [-0.15, -0.1) is 0 Å². The fraction of sp³-hybridized carbons (Fsp3) is 0.538. The third kappa shape index (κ3) is 5.65. The number of benzene rings is 1. The van der Waals surface area contributed by atoms with Crippen LogP contribution in [0.4, 0.5) is 0 Å². The van der Waals surface area contributed by atoms with Gasteiger partial charge in [0.25, 0.3) is 0 Å². The van der Waals surface area contributed by atoms with Crippen molar-refractivity contribution in [2.75, 3.05) is 37.7 Å². The van der Waals surface area contributed by atoms with Gasteiger partial charge in [-0.1, -0.05) is 0 Å².